The van der Waals surface area contributed by atoms with E-state index in [1.54, 1.807) is 7.05 Å². The van der Waals surface area contributed by atoms with E-state index in [0.29, 0.717) is 18.4 Å². The van der Waals surface area contributed by atoms with Crippen LogP contribution in [0.1, 0.15) is 30.1 Å². The van der Waals surface area contributed by atoms with Crippen molar-refractivity contribution in [3.63, 3.8) is 0 Å². The molecule has 1 aromatic heterocycles. The van der Waals surface area contributed by atoms with Gasteiger partial charge < -0.3 is 15.0 Å². The standard InChI is InChI=1S/C18H23F3N6O/c1-22-17(27-9-6-13(7-10-27)16-24-12-25-26-16)23-8-11-28-15-5-3-2-4-14(15)18(19,20)21/h2-5,12-13H,6-11H2,1H3,(H,22,23)(H,24,25,26). The summed E-state index contributed by atoms with van der Waals surface area (Å²) in [4.78, 5) is 10.6. The number of ether oxygens (including phenoxy) is 1. The van der Waals surface area contributed by atoms with Crippen LogP contribution in [0.2, 0.25) is 0 Å². The molecule has 10 heteroatoms. The number of rotatable bonds is 5. The van der Waals surface area contributed by atoms with Crippen LogP contribution in [0.25, 0.3) is 0 Å². The number of guanidine groups is 1. The second-order valence-electron chi connectivity index (χ2n) is 6.45. The Kier molecular flexibility index (Phi) is 6.37. The minimum atomic E-state index is -4.44. The second-order valence-corrected chi connectivity index (χ2v) is 6.45. The van der Waals surface area contributed by atoms with Crippen molar-refractivity contribution < 1.29 is 17.9 Å². The van der Waals surface area contributed by atoms with Crippen molar-refractivity contribution in [3.8, 4) is 5.75 Å². The van der Waals surface area contributed by atoms with Crippen LogP contribution in [0.5, 0.6) is 5.75 Å². The Morgan fingerprint density at radius 2 is 2.07 bits per heavy atom. The number of aromatic amines is 1. The van der Waals surface area contributed by atoms with Crippen molar-refractivity contribution in [1.82, 2.24) is 25.4 Å². The van der Waals surface area contributed by atoms with E-state index in [1.165, 1.54) is 24.5 Å². The number of benzene rings is 1. The molecule has 0 saturated carbocycles. The van der Waals surface area contributed by atoms with Gasteiger partial charge >= 0.3 is 6.18 Å². The molecule has 1 aromatic carbocycles. The zero-order valence-corrected chi connectivity index (χ0v) is 15.5. The topological polar surface area (TPSA) is 78.4 Å². The van der Waals surface area contributed by atoms with Crippen molar-refractivity contribution in [2.24, 2.45) is 4.99 Å². The zero-order chi connectivity index (χ0) is 20.0. The van der Waals surface area contributed by atoms with Gasteiger partial charge in [-0.1, -0.05) is 12.1 Å². The van der Waals surface area contributed by atoms with Gasteiger partial charge in [0, 0.05) is 26.1 Å². The highest BCUT2D eigenvalue weighted by molar-refractivity contribution is 5.79. The van der Waals surface area contributed by atoms with Crippen LogP contribution in [-0.4, -0.2) is 59.3 Å². The number of likely N-dealkylation sites (tertiary alicyclic amines) is 1. The predicted octanol–water partition coefficient (Wildman–Crippen LogP) is 2.66. The third-order valence-electron chi connectivity index (χ3n) is 4.66. The molecular formula is C18H23F3N6O. The summed E-state index contributed by atoms with van der Waals surface area (Å²) in [5.74, 6) is 1.79. The first-order valence-corrected chi connectivity index (χ1v) is 9.09. The van der Waals surface area contributed by atoms with Crippen molar-refractivity contribution in [2.75, 3.05) is 33.3 Å². The first-order chi connectivity index (χ1) is 13.5. The Bertz CT molecular complexity index is 770. The smallest absolute Gasteiger partial charge is 0.419 e. The Balaban J connectivity index is 1.46. The van der Waals surface area contributed by atoms with E-state index in [-0.39, 0.29) is 12.4 Å². The monoisotopic (exact) mass is 396 g/mol. The lowest BCUT2D eigenvalue weighted by Gasteiger charge is -2.33. The minimum Gasteiger partial charge on any atom is -0.491 e. The number of para-hydroxylation sites is 1. The number of nitrogens with zero attached hydrogens (tertiary/aromatic N) is 4. The highest BCUT2D eigenvalue weighted by atomic mass is 19.4. The van der Waals surface area contributed by atoms with Crippen molar-refractivity contribution in [2.45, 2.75) is 24.9 Å². The fourth-order valence-electron chi connectivity index (χ4n) is 3.26. The summed E-state index contributed by atoms with van der Waals surface area (Å²) in [6.07, 6.45) is -1.08. The van der Waals surface area contributed by atoms with E-state index in [2.05, 4.69) is 30.4 Å². The quantitative estimate of drug-likeness (QED) is 0.462. The van der Waals surface area contributed by atoms with Crippen LogP contribution in [0.3, 0.4) is 0 Å². The van der Waals surface area contributed by atoms with E-state index in [0.717, 1.165) is 37.8 Å². The molecule has 3 rings (SSSR count). The normalized spacial score (nSPS) is 16.3. The number of hydrogen-bond donors (Lipinski definition) is 2. The molecule has 1 aliphatic heterocycles. The van der Waals surface area contributed by atoms with Gasteiger partial charge in [-0.2, -0.15) is 18.3 Å². The van der Waals surface area contributed by atoms with Gasteiger partial charge in [0.1, 0.15) is 24.5 Å². The van der Waals surface area contributed by atoms with Gasteiger partial charge in [0.25, 0.3) is 0 Å². The van der Waals surface area contributed by atoms with Crippen molar-refractivity contribution in [3.05, 3.63) is 42.0 Å². The number of alkyl halides is 3. The van der Waals surface area contributed by atoms with Gasteiger partial charge in [-0.25, -0.2) is 4.98 Å². The molecule has 0 atom stereocenters. The van der Waals surface area contributed by atoms with E-state index in [1.807, 2.05) is 0 Å². The van der Waals surface area contributed by atoms with Gasteiger partial charge in [-0.3, -0.25) is 10.1 Å². The van der Waals surface area contributed by atoms with Crippen LogP contribution in [0.15, 0.2) is 35.6 Å². The number of aliphatic imine (C=N–C) groups is 1. The number of aromatic nitrogens is 3. The summed E-state index contributed by atoms with van der Waals surface area (Å²) in [6.45, 7) is 2.06. The Morgan fingerprint density at radius 1 is 1.32 bits per heavy atom. The lowest BCUT2D eigenvalue weighted by molar-refractivity contribution is -0.138. The van der Waals surface area contributed by atoms with Crippen molar-refractivity contribution in [1.29, 1.82) is 0 Å². The highest BCUT2D eigenvalue weighted by Gasteiger charge is 2.34. The highest BCUT2D eigenvalue weighted by Crippen LogP contribution is 2.35. The molecule has 2 aromatic rings. The van der Waals surface area contributed by atoms with E-state index in [9.17, 15) is 13.2 Å². The molecule has 0 aliphatic carbocycles. The summed E-state index contributed by atoms with van der Waals surface area (Å²) < 4.78 is 44.3. The lowest BCUT2D eigenvalue weighted by Crippen LogP contribution is -2.46. The zero-order valence-electron chi connectivity index (χ0n) is 15.5. The van der Waals surface area contributed by atoms with Crippen LogP contribution in [-0.2, 0) is 6.18 Å². The summed E-state index contributed by atoms with van der Waals surface area (Å²) in [7, 11) is 1.69. The number of H-pyrrole nitrogens is 1. The fourth-order valence-corrected chi connectivity index (χ4v) is 3.26. The average Bonchev–Trinajstić information content (AvgIpc) is 3.23. The Morgan fingerprint density at radius 3 is 2.71 bits per heavy atom. The summed E-state index contributed by atoms with van der Waals surface area (Å²) in [5.41, 5.74) is -0.770. The van der Waals surface area contributed by atoms with Gasteiger partial charge in [0.05, 0.1) is 12.1 Å². The molecule has 2 N–H and O–H groups in total. The molecule has 0 spiro atoms. The van der Waals surface area contributed by atoms with Crippen LogP contribution < -0.4 is 10.1 Å². The molecule has 1 saturated heterocycles. The number of hydrogen-bond acceptors (Lipinski definition) is 4. The summed E-state index contributed by atoms with van der Waals surface area (Å²) in [6, 6.07) is 5.21. The van der Waals surface area contributed by atoms with E-state index in [4.69, 9.17) is 4.74 Å². The van der Waals surface area contributed by atoms with Crippen LogP contribution in [0, 0.1) is 0 Å². The SMILES string of the molecule is CN=C(NCCOc1ccccc1C(F)(F)F)N1CCC(c2ncn[nH]2)CC1. The maximum atomic E-state index is 13.0. The average molecular weight is 396 g/mol. The van der Waals surface area contributed by atoms with E-state index < -0.39 is 11.7 Å². The van der Waals surface area contributed by atoms with Gasteiger partial charge in [-0.15, -0.1) is 0 Å². The Hall–Kier alpha value is -2.78. The molecule has 0 amide bonds. The molecule has 0 unspecified atom stereocenters. The third kappa shape index (κ3) is 4.93. The minimum absolute atomic E-state index is 0.0979. The van der Waals surface area contributed by atoms with Gasteiger partial charge in [0.2, 0.25) is 0 Å². The molecule has 7 nitrogen and oxygen atoms in total. The van der Waals surface area contributed by atoms with Crippen LogP contribution >= 0.6 is 0 Å². The number of nitrogens with one attached hydrogen (secondary N) is 2. The Labute approximate surface area is 161 Å². The largest absolute Gasteiger partial charge is 0.491 e. The van der Waals surface area contributed by atoms with Crippen molar-refractivity contribution >= 4 is 5.96 Å². The lowest BCUT2D eigenvalue weighted by atomic mass is 9.96. The molecule has 1 aliphatic rings. The first-order valence-electron chi connectivity index (χ1n) is 9.09. The summed E-state index contributed by atoms with van der Waals surface area (Å²) in [5, 5.41) is 9.96. The van der Waals surface area contributed by atoms with Crippen LogP contribution in [0.4, 0.5) is 13.2 Å². The predicted molar refractivity (Wildman–Crippen MR) is 98.2 cm³/mol. The molecule has 152 valence electrons. The summed E-state index contributed by atoms with van der Waals surface area (Å²) >= 11 is 0. The van der Waals surface area contributed by atoms with Gasteiger partial charge in [-0.05, 0) is 25.0 Å². The molecule has 2 heterocycles. The maximum Gasteiger partial charge on any atom is 0.419 e. The molecule has 1 fully saturated rings. The van der Waals surface area contributed by atoms with Gasteiger partial charge in [0.15, 0.2) is 5.96 Å². The first kappa shape index (κ1) is 20.0. The molecule has 0 bridgehead atoms. The molecular weight excluding hydrogens is 373 g/mol. The van der Waals surface area contributed by atoms with E-state index >= 15 is 0 Å². The third-order valence-corrected chi connectivity index (χ3v) is 4.66. The number of piperidine rings is 1. The molecule has 0 radical (unpaired) electrons. The molecule has 28 heavy (non-hydrogen) atoms. The maximum absolute atomic E-state index is 13.0. The fraction of sp³-hybridized carbons (Fsp3) is 0.500. The second kappa shape index (κ2) is 8.94. The number of halogens is 3.